The minimum Gasteiger partial charge on any atom is -0.482 e. The summed E-state index contributed by atoms with van der Waals surface area (Å²) in [4.78, 5) is 11.6. The van der Waals surface area contributed by atoms with Gasteiger partial charge in [0.15, 0.2) is 6.61 Å². The molecule has 0 bridgehead atoms. The van der Waals surface area contributed by atoms with Crippen LogP contribution in [0.25, 0.3) is 16.6 Å². The molecule has 176 valence electrons. The zero-order chi connectivity index (χ0) is 24.5. The second-order valence-electron chi connectivity index (χ2n) is 7.44. The van der Waals surface area contributed by atoms with Crippen LogP contribution in [0.4, 0.5) is 17.6 Å². The smallest absolute Gasteiger partial charge is 0.416 e. The minimum atomic E-state index is -4.47. The summed E-state index contributed by atoms with van der Waals surface area (Å²) in [5, 5.41) is 13.8. The summed E-state index contributed by atoms with van der Waals surface area (Å²) in [5.41, 5.74) is 1.04. The molecule has 0 unspecified atom stereocenters. The molecule has 4 aromatic rings. The summed E-state index contributed by atoms with van der Waals surface area (Å²) in [5.74, 6) is -0.758. The van der Waals surface area contributed by atoms with Gasteiger partial charge in [0.05, 0.1) is 16.9 Å². The van der Waals surface area contributed by atoms with Crippen molar-refractivity contribution in [2.75, 3.05) is 6.61 Å². The van der Waals surface area contributed by atoms with Gasteiger partial charge in [-0.1, -0.05) is 12.1 Å². The molecule has 0 saturated heterocycles. The van der Waals surface area contributed by atoms with Crippen LogP contribution in [0.2, 0.25) is 0 Å². The number of nitrogens with zero attached hydrogens (tertiary/aromatic N) is 2. The molecule has 1 N–H and O–H groups in total. The number of aliphatic carboxylic acids is 1. The van der Waals surface area contributed by atoms with E-state index >= 15 is 0 Å². The molecule has 0 aliphatic rings. The molecule has 5 nitrogen and oxygen atoms in total. The van der Waals surface area contributed by atoms with Crippen molar-refractivity contribution in [3.05, 3.63) is 83.3 Å². The summed E-state index contributed by atoms with van der Waals surface area (Å²) >= 11 is 1.44. The van der Waals surface area contributed by atoms with Gasteiger partial charge in [0.2, 0.25) is 0 Å². The van der Waals surface area contributed by atoms with Crippen molar-refractivity contribution < 1.29 is 32.2 Å². The first kappa shape index (κ1) is 23.6. The Morgan fingerprint density at radius 2 is 1.85 bits per heavy atom. The molecule has 0 fully saturated rings. The lowest BCUT2D eigenvalue weighted by Gasteiger charge is -2.09. The number of benzene rings is 3. The van der Waals surface area contributed by atoms with Crippen molar-refractivity contribution in [3.8, 4) is 11.4 Å². The molecule has 10 heteroatoms. The number of ether oxygens (including phenoxy) is 1. The Balaban J connectivity index is 1.61. The van der Waals surface area contributed by atoms with Crippen LogP contribution < -0.4 is 4.74 Å². The van der Waals surface area contributed by atoms with Crippen molar-refractivity contribution in [2.45, 2.75) is 23.7 Å². The van der Waals surface area contributed by atoms with Crippen molar-refractivity contribution in [2.24, 2.45) is 0 Å². The highest BCUT2D eigenvalue weighted by Gasteiger charge is 2.30. The first-order chi connectivity index (χ1) is 16.1. The number of para-hydroxylation sites is 1. The van der Waals surface area contributed by atoms with Gasteiger partial charge in [0, 0.05) is 16.0 Å². The number of carboxylic acids is 1. The van der Waals surface area contributed by atoms with E-state index in [0.29, 0.717) is 28.3 Å². The maximum Gasteiger partial charge on any atom is 0.416 e. The van der Waals surface area contributed by atoms with Gasteiger partial charge >= 0.3 is 12.1 Å². The second-order valence-corrected chi connectivity index (χ2v) is 8.49. The number of fused-ring (bicyclic) bond motifs is 1. The number of aromatic nitrogens is 2. The average molecular weight is 490 g/mol. The van der Waals surface area contributed by atoms with Gasteiger partial charge < -0.3 is 9.84 Å². The van der Waals surface area contributed by atoms with E-state index in [1.165, 1.54) is 34.6 Å². The molecule has 4 rings (SSSR count). The molecule has 34 heavy (non-hydrogen) atoms. The van der Waals surface area contributed by atoms with E-state index in [1.807, 2.05) is 6.07 Å². The summed E-state index contributed by atoms with van der Waals surface area (Å²) in [6.07, 6.45) is -4.47. The van der Waals surface area contributed by atoms with Gasteiger partial charge in [-0.3, -0.25) is 0 Å². The number of halogens is 4. The first-order valence-corrected chi connectivity index (χ1v) is 11.0. The lowest BCUT2D eigenvalue weighted by Crippen LogP contribution is -2.09. The topological polar surface area (TPSA) is 64.4 Å². The lowest BCUT2D eigenvalue weighted by molar-refractivity contribution is -0.139. The van der Waals surface area contributed by atoms with Crippen LogP contribution in [0.15, 0.2) is 65.6 Å². The number of aryl methyl sites for hydroxylation is 1. The molecule has 0 amide bonds. The van der Waals surface area contributed by atoms with E-state index in [9.17, 15) is 22.4 Å². The number of hydrogen-bond donors (Lipinski definition) is 1. The molecule has 3 aromatic carbocycles. The predicted molar refractivity (Wildman–Crippen MR) is 120 cm³/mol. The predicted octanol–water partition coefficient (Wildman–Crippen LogP) is 6.25. The van der Waals surface area contributed by atoms with E-state index < -0.39 is 30.1 Å². The summed E-state index contributed by atoms with van der Waals surface area (Å²) in [6.45, 7) is 1.36. The van der Waals surface area contributed by atoms with Gasteiger partial charge in [-0.05, 0) is 61.0 Å². The quantitative estimate of drug-likeness (QED) is 0.245. The van der Waals surface area contributed by atoms with Crippen LogP contribution in [0.3, 0.4) is 0 Å². The first-order valence-electron chi connectivity index (χ1n) is 10.1. The monoisotopic (exact) mass is 490 g/mol. The Kier molecular flexibility index (Phi) is 6.52. The van der Waals surface area contributed by atoms with E-state index in [1.54, 1.807) is 31.2 Å². The number of hydrogen-bond acceptors (Lipinski definition) is 4. The highest BCUT2D eigenvalue weighted by atomic mass is 32.2. The van der Waals surface area contributed by atoms with Crippen molar-refractivity contribution in [1.82, 2.24) is 9.78 Å². The van der Waals surface area contributed by atoms with Gasteiger partial charge in [-0.25, -0.2) is 13.9 Å². The maximum absolute atomic E-state index is 14.7. The molecular weight excluding hydrogens is 472 g/mol. The van der Waals surface area contributed by atoms with Crippen LogP contribution in [-0.4, -0.2) is 27.5 Å². The molecule has 0 saturated carbocycles. The Morgan fingerprint density at radius 3 is 2.50 bits per heavy atom. The zero-order valence-corrected chi connectivity index (χ0v) is 18.6. The maximum atomic E-state index is 14.7. The molecule has 0 aliphatic carbocycles. The molecule has 1 heterocycles. The fourth-order valence-electron chi connectivity index (χ4n) is 3.44. The third-order valence-electron chi connectivity index (χ3n) is 5.04. The number of alkyl halides is 3. The van der Waals surface area contributed by atoms with E-state index in [2.05, 4.69) is 5.10 Å². The minimum absolute atomic E-state index is 0.187. The van der Waals surface area contributed by atoms with E-state index in [0.717, 1.165) is 22.6 Å². The molecule has 0 atom stereocenters. The van der Waals surface area contributed by atoms with Crippen LogP contribution in [0.5, 0.6) is 5.75 Å². The Hall–Kier alpha value is -3.53. The molecule has 0 radical (unpaired) electrons. The number of rotatable bonds is 7. The largest absolute Gasteiger partial charge is 0.482 e. The zero-order valence-electron chi connectivity index (χ0n) is 17.8. The highest BCUT2D eigenvalue weighted by molar-refractivity contribution is 7.98. The van der Waals surface area contributed by atoms with Crippen molar-refractivity contribution in [3.63, 3.8) is 0 Å². The van der Waals surface area contributed by atoms with Crippen LogP contribution in [0.1, 0.15) is 16.8 Å². The van der Waals surface area contributed by atoms with Gasteiger partial charge in [-0.2, -0.15) is 18.3 Å². The molecular formula is C24H18F4N2O3S. The second kappa shape index (κ2) is 9.38. The number of carbonyl (C=O) groups is 1. The highest BCUT2D eigenvalue weighted by Crippen LogP contribution is 2.33. The molecule has 0 spiro atoms. The number of carboxylic acid groups (broad SMARTS) is 1. The van der Waals surface area contributed by atoms with Gasteiger partial charge in [0.25, 0.3) is 0 Å². The summed E-state index contributed by atoms with van der Waals surface area (Å²) < 4.78 is 60.0. The third kappa shape index (κ3) is 5.01. The van der Waals surface area contributed by atoms with Gasteiger partial charge in [-0.15, -0.1) is 11.8 Å². The Morgan fingerprint density at radius 1 is 1.12 bits per heavy atom. The van der Waals surface area contributed by atoms with E-state index in [-0.39, 0.29) is 5.52 Å². The van der Waals surface area contributed by atoms with Crippen molar-refractivity contribution >= 4 is 28.6 Å². The molecule has 0 aliphatic heterocycles. The Bertz CT molecular complexity index is 1350. The van der Waals surface area contributed by atoms with Crippen LogP contribution in [0, 0.1) is 12.7 Å². The molecule has 1 aromatic heterocycles. The fourth-order valence-corrected chi connectivity index (χ4v) is 4.38. The summed E-state index contributed by atoms with van der Waals surface area (Å²) in [7, 11) is 0. The van der Waals surface area contributed by atoms with Gasteiger partial charge in [0.1, 0.15) is 17.1 Å². The fraction of sp³-hybridized carbons (Fsp3) is 0.167. The number of thioether (sulfide) groups is 1. The lowest BCUT2D eigenvalue weighted by atomic mass is 10.2. The SMILES string of the molecule is Cc1cc(SCc2nn(-c3ccc(C(F)(F)F)cc3)c3c(F)cccc23)ccc1OCC(=O)O. The Labute approximate surface area is 196 Å². The van der Waals surface area contributed by atoms with Crippen LogP contribution >= 0.6 is 11.8 Å². The van der Waals surface area contributed by atoms with Crippen LogP contribution in [-0.2, 0) is 16.7 Å². The normalized spacial score (nSPS) is 11.7. The van der Waals surface area contributed by atoms with E-state index in [4.69, 9.17) is 9.84 Å². The summed E-state index contributed by atoms with van der Waals surface area (Å²) in [6, 6.07) is 14.3. The third-order valence-corrected chi connectivity index (χ3v) is 6.05. The van der Waals surface area contributed by atoms with Crippen molar-refractivity contribution in [1.29, 1.82) is 0 Å². The average Bonchev–Trinajstić information content (AvgIpc) is 3.16. The standard InChI is InChI=1S/C24H18F4N2O3S/c1-14-11-17(9-10-21(14)33-12-22(31)32)34-13-20-18-3-2-4-19(25)23(18)30(29-20)16-7-5-15(6-8-16)24(26,27)28/h2-11H,12-13H2,1H3,(H,31,32).